The summed E-state index contributed by atoms with van der Waals surface area (Å²) in [6.07, 6.45) is 2.88. The smallest absolute Gasteiger partial charge is 0.264 e. The van der Waals surface area contributed by atoms with E-state index in [1.165, 1.54) is 7.11 Å². The van der Waals surface area contributed by atoms with Crippen LogP contribution in [0.15, 0.2) is 23.1 Å². The Morgan fingerprint density at radius 2 is 2.11 bits per heavy atom. The lowest BCUT2D eigenvalue weighted by atomic mass is 10.0. The molecular weight excluding hydrogens is 292 g/mol. The average Bonchev–Trinajstić information content (AvgIpc) is 2.28. The lowest BCUT2D eigenvalue weighted by Crippen LogP contribution is -2.04. The molecule has 0 aromatic heterocycles. The van der Waals surface area contributed by atoms with Crippen LogP contribution in [0.1, 0.15) is 12.5 Å². The van der Waals surface area contributed by atoms with Gasteiger partial charge in [-0.05, 0) is 42.0 Å². The molecular formula is C12H17ClO3S2. The van der Waals surface area contributed by atoms with Gasteiger partial charge in [-0.1, -0.05) is 13.0 Å². The van der Waals surface area contributed by atoms with Gasteiger partial charge in [0.25, 0.3) is 9.05 Å². The monoisotopic (exact) mass is 308 g/mol. The van der Waals surface area contributed by atoms with Crippen molar-refractivity contribution < 1.29 is 13.2 Å². The Kier molecular flexibility index (Phi) is 5.82. The molecule has 0 bridgehead atoms. The summed E-state index contributed by atoms with van der Waals surface area (Å²) in [6.45, 7) is 2.13. The van der Waals surface area contributed by atoms with E-state index in [-0.39, 0.29) is 10.6 Å². The Hall–Kier alpha value is -0.390. The molecule has 0 saturated heterocycles. The van der Waals surface area contributed by atoms with Crippen molar-refractivity contribution in [1.82, 2.24) is 0 Å². The second-order valence-corrected chi connectivity index (χ2v) is 7.63. The summed E-state index contributed by atoms with van der Waals surface area (Å²) in [5.41, 5.74) is 0.955. The zero-order valence-electron chi connectivity index (χ0n) is 10.6. The molecule has 0 aliphatic carbocycles. The molecule has 0 spiro atoms. The summed E-state index contributed by atoms with van der Waals surface area (Å²) in [5, 5.41) is 0. The third kappa shape index (κ3) is 4.37. The van der Waals surface area contributed by atoms with E-state index in [0.29, 0.717) is 5.92 Å². The van der Waals surface area contributed by atoms with Crippen LogP contribution in [0.25, 0.3) is 0 Å². The maximum atomic E-state index is 11.5. The summed E-state index contributed by atoms with van der Waals surface area (Å²) >= 11 is 1.78. The molecule has 6 heteroatoms. The summed E-state index contributed by atoms with van der Waals surface area (Å²) in [5.74, 6) is 1.81. The number of hydrogen-bond donors (Lipinski definition) is 0. The number of thioether (sulfide) groups is 1. The van der Waals surface area contributed by atoms with E-state index in [1.807, 2.05) is 6.07 Å². The summed E-state index contributed by atoms with van der Waals surface area (Å²) in [6, 6.07) is 5.12. The van der Waals surface area contributed by atoms with Crippen LogP contribution in [0.4, 0.5) is 0 Å². The second-order valence-electron chi connectivity index (χ2n) is 4.19. The third-order valence-electron chi connectivity index (χ3n) is 2.53. The van der Waals surface area contributed by atoms with Crippen molar-refractivity contribution in [3.63, 3.8) is 0 Å². The van der Waals surface area contributed by atoms with Crippen molar-refractivity contribution >= 4 is 31.5 Å². The largest absolute Gasteiger partial charge is 0.495 e. The molecule has 0 fully saturated rings. The van der Waals surface area contributed by atoms with Gasteiger partial charge in [-0.15, -0.1) is 0 Å². The van der Waals surface area contributed by atoms with Gasteiger partial charge in [0.1, 0.15) is 10.6 Å². The fraction of sp³-hybridized carbons (Fsp3) is 0.500. The van der Waals surface area contributed by atoms with E-state index in [9.17, 15) is 8.42 Å². The average molecular weight is 309 g/mol. The van der Waals surface area contributed by atoms with E-state index in [1.54, 1.807) is 23.9 Å². The Bertz CT molecular complexity index is 500. The van der Waals surface area contributed by atoms with Gasteiger partial charge >= 0.3 is 0 Å². The predicted octanol–water partition coefficient (Wildman–Crippen LogP) is 3.16. The number of ether oxygens (including phenoxy) is 1. The minimum absolute atomic E-state index is 0.0421. The molecule has 1 rings (SSSR count). The maximum Gasteiger partial charge on any atom is 0.264 e. The molecule has 0 radical (unpaired) electrons. The van der Waals surface area contributed by atoms with Gasteiger partial charge in [-0.2, -0.15) is 11.8 Å². The van der Waals surface area contributed by atoms with Crippen molar-refractivity contribution in [3.8, 4) is 5.75 Å². The van der Waals surface area contributed by atoms with E-state index >= 15 is 0 Å². The molecule has 3 nitrogen and oxygen atoms in total. The van der Waals surface area contributed by atoms with Crippen LogP contribution in [-0.2, 0) is 15.5 Å². The highest BCUT2D eigenvalue weighted by atomic mass is 35.7. The number of benzene rings is 1. The lowest BCUT2D eigenvalue weighted by molar-refractivity contribution is 0.403. The first kappa shape index (κ1) is 15.7. The van der Waals surface area contributed by atoms with Crippen LogP contribution in [-0.4, -0.2) is 27.5 Å². The van der Waals surface area contributed by atoms with Crippen molar-refractivity contribution in [3.05, 3.63) is 23.8 Å². The van der Waals surface area contributed by atoms with Crippen LogP contribution >= 0.6 is 22.4 Å². The van der Waals surface area contributed by atoms with Gasteiger partial charge in [0.05, 0.1) is 7.11 Å². The Labute approximate surface area is 117 Å². The Morgan fingerprint density at radius 1 is 1.44 bits per heavy atom. The quantitative estimate of drug-likeness (QED) is 0.757. The van der Waals surface area contributed by atoms with Gasteiger partial charge in [0.15, 0.2) is 0 Å². The molecule has 1 atom stereocenters. The number of methoxy groups -OCH3 is 1. The number of halogens is 1. The van der Waals surface area contributed by atoms with Crippen molar-refractivity contribution in [2.75, 3.05) is 19.1 Å². The van der Waals surface area contributed by atoms with Gasteiger partial charge in [-0.25, -0.2) is 8.42 Å². The SMILES string of the molecule is COc1ccc(C[C@H](C)CSC)cc1S(=O)(=O)Cl. The summed E-state index contributed by atoms with van der Waals surface area (Å²) < 4.78 is 27.9. The molecule has 18 heavy (non-hydrogen) atoms. The highest BCUT2D eigenvalue weighted by Gasteiger charge is 2.17. The highest BCUT2D eigenvalue weighted by molar-refractivity contribution is 8.13. The first-order valence-electron chi connectivity index (χ1n) is 5.49. The minimum Gasteiger partial charge on any atom is -0.495 e. The van der Waals surface area contributed by atoms with E-state index < -0.39 is 9.05 Å². The highest BCUT2D eigenvalue weighted by Crippen LogP contribution is 2.28. The van der Waals surface area contributed by atoms with E-state index in [2.05, 4.69) is 13.2 Å². The number of rotatable bonds is 6. The van der Waals surface area contributed by atoms with E-state index in [4.69, 9.17) is 15.4 Å². The fourth-order valence-corrected chi connectivity index (χ4v) is 3.52. The Balaban J connectivity index is 3.04. The molecule has 0 aliphatic rings. The molecule has 0 N–H and O–H groups in total. The zero-order valence-corrected chi connectivity index (χ0v) is 13.0. The molecule has 1 aromatic rings. The van der Waals surface area contributed by atoms with Gasteiger partial charge in [-0.3, -0.25) is 0 Å². The normalized spacial score (nSPS) is 13.3. The van der Waals surface area contributed by atoms with Crippen molar-refractivity contribution in [1.29, 1.82) is 0 Å². The third-order valence-corrected chi connectivity index (χ3v) is 4.77. The van der Waals surface area contributed by atoms with E-state index in [0.717, 1.165) is 17.7 Å². The first-order chi connectivity index (χ1) is 8.38. The van der Waals surface area contributed by atoms with Crippen molar-refractivity contribution in [2.24, 2.45) is 5.92 Å². The molecule has 0 saturated carbocycles. The van der Waals surface area contributed by atoms with Crippen LogP contribution in [0.5, 0.6) is 5.75 Å². The number of hydrogen-bond acceptors (Lipinski definition) is 4. The van der Waals surface area contributed by atoms with Gasteiger partial charge < -0.3 is 4.74 Å². The zero-order chi connectivity index (χ0) is 13.8. The lowest BCUT2D eigenvalue weighted by Gasteiger charge is -2.12. The standard InChI is InChI=1S/C12H17ClO3S2/c1-9(8-17-3)6-10-4-5-11(16-2)12(7-10)18(13,14)15/h4-5,7,9H,6,8H2,1-3H3/t9-/m0/s1. The van der Waals surface area contributed by atoms with Crippen molar-refractivity contribution in [2.45, 2.75) is 18.2 Å². The molecule has 0 heterocycles. The molecule has 1 aromatic carbocycles. The van der Waals surface area contributed by atoms with Crippen LogP contribution in [0, 0.1) is 5.92 Å². The van der Waals surface area contributed by atoms with Gasteiger partial charge in [0.2, 0.25) is 0 Å². The fourth-order valence-electron chi connectivity index (χ4n) is 1.78. The Morgan fingerprint density at radius 3 is 2.61 bits per heavy atom. The molecule has 0 amide bonds. The molecule has 0 unspecified atom stereocenters. The summed E-state index contributed by atoms with van der Waals surface area (Å²) in [7, 11) is 3.05. The van der Waals surface area contributed by atoms with Crippen LogP contribution < -0.4 is 4.74 Å². The maximum absolute atomic E-state index is 11.5. The topological polar surface area (TPSA) is 43.4 Å². The molecule has 0 aliphatic heterocycles. The first-order valence-corrected chi connectivity index (χ1v) is 9.19. The van der Waals surface area contributed by atoms with Gasteiger partial charge in [0, 0.05) is 10.7 Å². The minimum atomic E-state index is -3.77. The second kappa shape index (κ2) is 6.68. The van der Waals surface area contributed by atoms with Crippen LogP contribution in [0.2, 0.25) is 0 Å². The summed E-state index contributed by atoms with van der Waals surface area (Å²) in [4.78, 5) is 0.0421. The van der Waals surface area contributed by atoms with Crippen LogP contribution in [0.3, 0.4) is 0 Å². The molecule has 102 valence electrons. The predicted molar refractivity (Wildman–Crippen MR) is 77.3 cm³/mol.